The number of fused-ring (bicyclic) bond motifs is 1. The van der Waals surface area contributed by atoms with E-state index < -0.39 is 0 Å². The van der Waals surface area contributed by atoms with Crippen molar-refractivity contribution >= 4 is 12.2 Å². The molecule has 2 aromatic rings. The Labute approximate surface area is 109 Å². The van der Waals surface area contributed by atoms with Crippen molar-refractivity contribution < 1.29 is 4.74 Å². The van der Waals surface area contributed by atoms with Gasteiger partial charge in [0.15, 0.2) is 5.82 Å². The van der Waals surface area contributed by atoms with Gasteiger partial charge in [-0.05, 0) is 13.0 Å². The lowest BCUT2D eigenvalue weighted by molar-refractivity contribution is 0.108. The molecular weight excluding hydrogens is 248 g/mol. The second-order valence-corrected chi connectivity index (χ2v) is 4.53. The zero-order valence-corrected chi connectivity index (χ0v) is 10.8. The van der Waals surface area contributed by atoms with Crippen molar-refractivity contribution in [3.8, 4) is 11.5 Å². The molecule has 0 unspecified atom stereocenters. The highest BCUT2D eigenvalue weighted by atomic mass is 32.1. The number of hydrogen-bond acceptors (Lipinski definition) is 5. The molecule has 0 saturated carbocycles. The number of aromatic nitrogens is 4. The summed E-state index contributed by atoms with van der Waals surface area (Å²) in [5, 5.41) is 0. The van der Waals surface area contributed by atoms with Crippen LogP contribution in [0.25, 0.3) is 11.5 Å². The Morgan fingerprint density at radius 1 is 1.39 bits per heavy atom. The molecule has 0 bridgehead atoms. The Hall–Kier alpha value is -1.66. The van der Waals surface area contributed by atoms with Crippen molar-refractivity contribution in [1.82, 2.24) is 19.9 Å². The van der Waals surface area contributed by atoms with Crippen molar-refractivity contribution in [1.29, 1.82) is 0 Å². The Morgan fingerprint density at radius 3 is 3.11 bits per heavy atom. The van der Waals surface area contributed by atoms with Gasteiger partial charge in [0.2, 0.25) is 0 Å². The third-order valence-corrected chi connectivity index (χ3v) is 3.20. The van der Waals surface area contributed by atoms with Crippen LogP contribution < -0.4 is 0 Å². The quantitative estimate of drug-likeness (QED) is 0.794. The molecule has 2 aromatic heterocycles. The normalized spacial score (nSPS) is 14.3. The van der Waals surface area contributed by atoms with Gasteiger partial charge in [-0.15, -0.1) is 0 Å². The molecule has 0 aliphatic carbocycles. The molecule has 0 fully saturated rings. The van der Waals surface area contributed by atoms with E-state index in [1.54, 1.807) is 6.20 Å². The Kier molecular flexibility index (Phi) is 2.89. The van der Waals surface area contributed by atoms with Gasteiger partial charge >= 0.3 is 0 Å². The number of ether oxygens (including phenoxy) is 1. The van der Waals surface area contributed by atoms with E-state index in [1.165, 1.54) is 0 Å². The highest BCUT2D eigenvalue weighted by Gasteiger charge is 2.14. The van der Waals surface area contributed by atoms with Gasteiger partial charge in [-0.2, -0.15) is 0 Å². The van der Waals surface area contributed by atoms with Crippen LogP contribution in [0.15, 0.2) is 12.3 Å². The van der Waals surface area contributed by atoms with Crippen LogP contribution in [0.1, 0.15) is 17.1 Å². The fourth-order valence-electron chi connectivity index (χ4n) is 1.96. The molecule has 1 aliphatic heterocycles. The third kappa shape index (κ3) is 2.04. The molecule has 0 atom stereocenters. The lowest BCUT2D eigenvalue weighted by Crippen LogP contribution is -2.14. The van der Waals surface area contributed by atoms with Crippen LogP contribution in [0.4, 0.5) is 0 Å². The smallest absolute Gasteiger partial charge is 0.157 e. The molecule has 0 amide bonds. The standard InChI is InChI=1S/C12H12N4OS/c1-7-13-4-2-10(14-7)11-15-9-3-5-17-6-8(9)12(18)16-11/h2,4H,3,5-6H2,1H3,(H,15,16,18). The molecule has 0 saturated heterocycles. The minimum absolute atomic E-state index is 0.542. The van der Waals surface area contributed by atoms with Crippen LogP contribution in [-0.2, 0) is 17.8 Å². The van der Waals surface area contributed by atoms with E-state index in [0.717, 1.165) is 29.2 Å². The summed E-state index contributed by atoms with van der Waals surface area (Å²) in [5.74, 6) is 1.42. The second kappa shape index (κ2) is 4.55. The molecule has 1 N–H and O–H groups in total. The maximum atomic E-state index is 5.39. The maximum Gasteiger partial charge on any atom is 0.157 e. The number of nitrogens with zero attached hydrogens (tertiary/aromatic N) is 3. The van der Waals surface area contributed by atoms with Gasteiger partial charge in [-0.25, -0.2) is 15.0 Å². The van der Waals surface area contributed by atoms with Crippen molar-refractivity contribution in [2.45, 2.75) is 20.0 Å². The van der Waals surface area contributed by atoms with E-state index >= 15 is 0 Å². The summed E-state index contributed by atoms with van der Waals surface area (Å²) in [5.41, 5.74) is 2.86. The number of nitrogens with one attached hydrogen (secondary N) is 1. The SMILES string of the molecule is Cc1nccc(-c2nc(=S)c3c([nH]2)CCOC3)n1. The van der Waals surface area contributed by atoms with Gasteiger partial charge in [-0.1, -0.05) is 12.2 Å². The van der Waals surface area contributed by atoms with E-state index in [1.807, 2.05) is 13.0 Å². The summed E-state index contributed by atoms with van der Waals surface area (Å²) in [4.78, 5) is 16.1. The molecule has 18 heavy (non-hydrogen) atoms. The number of rotatable bonds is 1. The molecule has 0 spiro atoms. The first-order valence-electron chi connectivity index (χ1n) is 5.74. The van der Waals surface area contributed by atoms with Crippen molar-refractivity contribution in [3.05, 3.63) is 34.0 Å². The maximum absolute atomic E-state index is 5.39. The minimum Gasteiger partial charge on any atom is -0.376 e. The topological polar surface area (TPSA) is 63.7 Å². The highest BCUT2D eigenvalue weighted by molar-refractivity contribution is 7.71. The molecule has 92 valence electrons. The fraction of sp³-hybridized carbons (Fsp3) is 0.333. The largest absolute Gasteiger partial charge is 0.376 e. The molecule has 3 rings (SSSR count). The van der Waals surface area contributed by atoms with E-state index in [4.69, 9.17) is 17.0 Å². The zero-order chi connectivity index (χ0) is 12.5. The van der Waals surface area contributed by atoms with Gasteiger partial charge in [0, 0.05) is 23.9 Å². The molecule has 1 aliphatic rings. The number of H-pyrrole nitrogens is 1. The predicted molar refractivity (Wildman–Crippen MR) is 68.5 cm³/mol. The monoisotopic (exact) mass is 260 g/mol. The lowest BCUT2D eigenvalue weighted by Gasteiger charge is -2.16. The number of aryl methyl sites for hydroxylation is 1. The summed E-state index contributed by atoms with van der Waals surface area (Å²) in [6.45, 7) is 3.11. The Balaban J connectivity index is 2.14. The van der Waals surface area contributed by atoms with Crippen molar-refractivity contribution in [2.24, 2.45) is 0 Å². The van der Waals surface area contributed by atoms with E-state index in [0.29, 0.717) is 23.7 Å². The summed E-state index contributed by atoms with van der Waals surface area (Å²) in [6, 6.07) is 1.83. The van der Waals surface area contributed by atoms with Crippen molar-refractivity contribution in [2.75, 3.05) is 6.61 Å². The summed E-state index contributed by atoms with van der Waals surface area (Å²) in [6.07, 6.45) is 2.55. The average Bonchev–Trinajstić information content (AvgIpc) is 2.39. The van der Waals surface area contributed by atoms with Gasteiger partial charge in [-0.3, -0.25) is 0 Å². The minimum atomic E-state index is 0.542. The Morgan fingerprint density at radius 2 is 2.28 bits per heavy atom. The van der Waals surface area contributed by atoms with Gasteiger partial charge < -0.3 is 9.72 Å². The molecule has 5 nitrogen and oxygen atoms in total. The van der Waals surface area contributed by atoms with Gasteiger partial charge in [0.1, 0.15) is 16.2 Å². The first kappa shape index (κ1) is 11.4. The van der Waals surface area contributed by atoms with Crippen LogP contribution in [0.2, 0.25) is 0 Å². The molecule has 0 radical (unpaired) electrons. The van der Waals surface area contributed by atoms with Gasteiger partial charge in [0.25, 0.3) is 0 Å². The molecular formula is C12H12N4OS. The van der Waals surface area contributed by atoms with Crippen LogP contribution in [0, 0.1) is 11.6 Å². The zero-order valence-electron chi connectivity index (χ0n) is 9.93. The van der Waals surface area contributed by atoms with Crippen LogP contribution in [-0.4, -0.2) is 26.5 Å². The average molecular weight is 260 g/mol. The molecule has 3 heterocycles. The molecule has 6 heteroatoms. The second-order valence-electron chi connectivity index (χ2n) is 4.14. The summed E-state index contributed by atoms with van der Waals surface area (Å²) in [7, 11) is 0. The van der Waals surface area contributed by atoms with Gasteiger partial charge in [0.05, 0.1) is 13.2 Å². The van der Waals surface area contributed by atoms with E-state index in [9.17, 15) is 0 Å². The number of hydrogen-bond donors (Lipinski definition) is 1. The summed E-state index contributed by atoms with van der Waals surface area (Å²) >= 11 is 5.30. The summed E-state index contributed by atoms with van der Waals surface area (Å²) < 4.78 is 5.98. The fourth-order valence-corrected chi connectivity index (χ4v) is 2.24. The molecule has 0 aromatic carbocycles. The van der Waals surface area contributed by atoms with E-state index in [-0.39, 0.29) is 0 Å². The Bertz CT molecular complexity index is 653. The van der Waals surface area contributed by atoms with Crippen molar-refractivity contribution in [3.63, 3.8) is 0 Å². The van der Waals surface area contributed by atoms with Crippen LogP contribution >= 0.6 is 12.2 Å². The lowest BCUT2D eigenvalue weighted by atomic mass is 10.1. The van der Waals surface area contributed by atoms with E-state index in [2.05, 4.69) is 19.9 Å². The third-order valence-electron chi connectivity index (χ3n) is 2.87. The highest BCUT2D eigenvalue weighted by Crippen LogP contribution is 2.19. The first-order chi connectivity index (χ1) is 8.74. The first-order valence-corrected chi connectivity index (χ1v) is 6.15. The number of aromatic amines is 1. The van der Waals surface area contributed by atoms with Crippen LogP contribution in [0.5, 0.6) is 0 Å². The predicted octanol–water partition coefficient (Wildman–Crippen LogP) is 1.98. The van der Waals surface area contributed by atoms with Crippen LogP contribution in [0.3, 0.4) is 0 Å².